The van der Waals surface area contributed by atoms with Crippen LogP contribution in [0.2, 0.25) is 0 Å². The second-order valence-corrected chi connectivity index (χ2v) is 9.70. The van der Waals surface area contributed by atoms with Crippen molar-refractivity contribution in [1.82, 2.24) is 19.7 Å². The number of benzene rings is 2. The van der Waals surface area contributed by atoms with Crippen LogP contribution in [-0.2, 0) is 21.3 Å². The fourth-order valence-corrected chi connectivity index (χ4v) is 5.27. The average Bonchev–Trinajstić information content (AvgIpc) is 3.33. The third-order valence-electron chi connectivity index (χ3n) is 5.74. The summed E-state index contributed by atoms with van der Waals surface area (Å²) in [6.07, 6.45) is 3.08. The maximum Gasteiger partial charge on any atom is 0.241 e. The number of sulfonamides is 1. The van der Waals surface area contributed by atoms with Gasteiger partial charge in [0, 0.05) is 18.2 Å². The number of aliphatic hydroxyl groups is 1. The van der Waals surface area contributed by atoms with Crippen LogP contribution >= 0.6 is 0 Å². The number of hydrogen-bond donors (Lipinski definition) is 2. The Bertz CT molecular complexity index is 1150. The predicted molar refractivity (Wildman–Crippen MR) is 122 cm³/mol. The van der Waals surface area contributed by atoms with Gasteiger partial charge in [-0.3, -0.25) is 4.68 Å². The van der Waals surface area contributed by atoms with Crippen molar-refractivity contribution in [1.29, 1.82) is 0 Å². The number of nitrogens with one attached hydrogen (secondary N) is 1. The van der Waals surface area contributed by atoms with Crippen molar-refractivity contribution in [3.05, 3.63) is 60.8 Å². The van der Waals surface area contributed by atoms with Crippen molar-refractivity contribution in [3.8, 4) is 17.0 Å². The van der Waals surface area contributed by atoms with Gasteiger partial charge in [-0.2, -0.15) is 0 Å². The number of methoxy groups -OCH3 is 1. The summed E-state index contributed by atoms with van der Waals surface area (Å²) < 4.78 is 41.2. The Morgan fingerprint density at radius 2 is 2.00 bits per heavy atom. The molecule has 0 amide bonds. The number of hydrogen-bond acceptors (Lipinski definition) is 7. The fraction of sp³-hybridized carbons (Fsp3) is 0.391. The monoisotopic (exact) mass is 472 g/mol. The third kappa shape index (κ3) is 5.77. The summed E-state index contributed by atoms with van der Waals surface area (Å²) in [6.45, 7) is 0.339. The van der Waals surface area contributed by atoms with Gasteiger partial charge in [-0.1, -0.05) is 41.6 Å². The largest absolute Gasteiger partial charge is 0.497 e. The van der Waals surface area contributed by atoms with E-state index in [0.29, 0.717) is 31.6 Å². The minimum absolute atomic E-state index is 0.107. The number of aryl methyl sites for hydroxylation is 1. The fourth-order valence-electron chi connectivity index (χ4n) is 3.94. The van der Waals surface area contributed by atoms with Crippen LogP contribution in [0.1, 0.15) is 19.3 Å². The smallest absolute Gasteiger partial charge is 0.241 e. The maximum absolute atomic E-state index is 12.8. The van der Waals surface area contributed by atoms with Crippen LogP contribution in [0.4, 0.5) is 0 Å². The number of aromatic nitrogens is 3. The molecule has 3 atom stereocenters. The third-order valence-corrected chi connectivity index (χ3v) is 7.23. The molecule has 1 saturated heterocycles. The molecular formula is C23H28N4O5S. The molecule has 2 aromatic carbocycles. The Kier molecular flexibility index (Phi) is 7.39. The van der Waals surface area contributed by atoms with E-state index in [1.807, 2.05) is 36.5 Å². The summed E-state index contributed by atoms with van der Waals surface area (Å²) in [6, 6.07) is 15.6. The Hall–Kier alpha value is -2.79. The van der Waals surface area contributed by atoms with E-state index in [9.17, 15) is 13.5 Å². The lowest BCUT2D eigenvalue weighted by Crippen LogP contribution is -2.50. The summed E-state index contributed by atoms with van der Waals surface area (Å²) in [5.41, 5.74) is 1.81. The van der Waals surface area contributed by atoms with Gasteiger partial charge < -0.3 is 14.6 Å². The molecule has 10 heteroatoms. The molecule has 2 heterocycles. The van der Waals surface area contributed by atoms with E-state index in [2.05, 4.69) is 15.0 Å². The van der Waals surface area contributed by atoms with E-state index in [4.69, 9.17) is 9.47 Å². The van der Waals surface area contributed by atoms with E-state index in [1.165, 1.54) is 19.2 Å². The second kappa shape index (κ2) is 10.4. The molecule has 4 rings (SSSR count). The topological polar surface area (TPSA) is 116 Å². The second-order valence-electron chi connectivity index (χ2n) is 7.98. The van der Waals surface area contributed by atoms with Crippen molar-refractivity contribution in [2.75, 3.05) is 13.7 Å². The van der Waals surface area contributed by atoms with Gasteiger partial charge in [-0.25, -0.2) is 13.1 Å². The Labute approximate surface area is 193 Å². The van der Waals surface area contributed by atoms with Crippen LogP contribution in [0.5, 0.6) is 5.75 Å². The van der Waals surface area contributed by atoms with Crippen molar-refractivity contribution in [2.45, 2.75) is 49.0 Å². The Morgan fingerprint density at radius 1 is 1.18 bits per heavy atom. The molecule has 2 N–H and O–H groups in total. The van der Waals surface area contributed by atoms with Crippen LogP contribution in [-0.4, -0.2) is 60.5 Å². The van der Waals surface area contributed by atoms with Gasteiger partial charge in [0.25, 0.3) is 0 Å². The molecule has 0 unspecified atom stereocenters. The van der Waals surface area contributed by atoms with Gasteiger partial charge in [0.15, 0.2) is 0 Å². The van der Waals surface area contributed by atoms with Gasteiger partial charge in [-0.15, -0.1) is 5.10 Å². The van der Waals surface area contributed by atoms with Crippen LogP contribution in [0.15, 0.2) is 65.7 Å². The van der Waals surface area contributed by atoms with Crippen LogP contribution in [0.3, 0.4) is 0 Å². The molecule has 176 valence electrons. The highest BCUT2D eigenvalue weighted by atomic mass is 32.2. The summed E-state index contributed by atoms with van der Waals surface area (Å²) in [4.78, 5) is 0.112. The first-order valence-corrected chi connectivity index (χ1v) is 12.3. The van der Waals surface area contributed by atoms with Gasteiger partial charge >= 0.3 is 0 Å². The molecule has 9 nitrogen and oxygen atoms in total. The molecular weight excluding hydrogens is 444 g/mol. The average molecular weight is 473 g/mol. The highest BCUT2D eigenvalue weighted by Gasteiger charge is 2.34. The zero-order valence-electron chi connectivity index (χ0n) is 18.4. The number of ether oxygens (including phenoxy) is 2. The molecule has 0 aliphatic carbocycles. The first-order chi connectivity index (χ1) is 16.0. The zero-order valence-corrected chi connectivity index (χ0v) is 19.2. The number of rotatable bonds is 9. The molecule has 3 aromatic rings. The van der Waals surface area contributed by atoms with Crippen molar-refractivity contribution in [3.63, 3.8) is 0 Å². The van der Waals surface area contributed by atoms with Gasteiger partial charge in [-0.05, 0) is 31.4 Å². The number of aliphatic hydroxyl groups excluding tert-OH is 1. The van der Waals surface area contributed by atoms with Gasteiger partial charge in [0.05, 0.1) is 43.1 Å². The highest BCUT2D eigenvalue weighted by Crippen LogP contribution is 2.25. The standard InChI is InChI=1S/C23H28N4O5S/c1-31-19-8-5-9-20(14-19)33(29,30)25-21-11-10-18(32-23(21)16-28)12-13-27-15-22(24-26-27)17-6-3-2-4-7-17/h2-9,14-15,18,21,23,25,28H,10-13,16H2,1H3/t18-,21-,23+/m0/s1. The summed E-state index contributed by atoms with van der Waals surface area (Å²) in [5.74, 6) is 0.458. The quantitative estimate of drug-likeness (QED) is 0.491. The van der Waals surface area contributed by atoms with E-state index >= 15 is 0 Å². The molecule has 0 bridgehead atoms. The Morgan fingerprint density at radius 3 is 2.76 bits per heavy atom. The van der Waals surface area contributed by atoms with Crippen LogP contribution < -0.4 is 9.46 Å². The summed E-state index contributed by atoms with van der Waals surface area (Å²) in [7, 11) is -2.29. The SMILES string of the molecule is COc1cccc(S(=O)(=O)N[C@H]2CC[C@@H](CCn3cc(-c4ccccc4)nn3)O[C@@H]2CO)c1. The Balaban J connectivity index is 1.33. The van der Waals surface area contributed by atoms with E-state index in [1.54, 1.807) is 16.8 Å². The molecule has 1 aliphatic rings. The first-order valence-electron chi connectivity index (χ1n) is 10.9. The predicted octanol–water partition coefficient (Wildman–Crippen LogP) is 2.23. The zero-order chi connectivity index (χ0) is 23.3. The van der Waals surface area contributed by atoms with E-state index < -0.39 is 22.2 Å². The number of nitrogens with zero attached hydrogens (tertiary/aromatic N) is 3. The molecule has 0 spiro atoms. The lowest BCUT2D eigenvalue weighted by molar-refractivity contribution is -0.0891. The van der Waals surface area contributed by atoms with Crippen molar-refractivity contribution >= 4 is 10.0 Å². The minimum Gasteiger partial charge on any atom is -0.497 e. The normalized spacial score (nSPS) is 21.1. The summed E-state index contributed by atoms with van der Waals surface area (Å²) in [5, 5.41) is 18.2. The molecule has 33 heavy (non-hydrogen) atoms. The molecule has 1 fully saturated rings. The first kappa shape index (κ1) is 23.4. The maximum atomic E-state index is 12.8. The lowest BCUT2D eigenvalue weighted by atomic mass is 9.98. The van der Waals surface area contributed by atoms with E-state index in [0.717, 1.165) is 11.3 Å². The van der Waals surface area contributed by atoms with Crippen LogP contribution in [0.25, 0.3) is 11.3 Å². The molecule has 0 radical (unpaired) electrons. The summed E-state index contributed by atoms with van der Waals surface area (Å²) >= 11 is 0. The molecule has 1 aromatic heterocycles. The van der Waals surface area contributed by atoms with Crippen LogP contribution in [0, 0.1) is 0 Å². The molecule has 0 saturated carbocycles. The lowest BCUT2D eigenvalue weighted by Gasteiger charge is -2.36. The van der Waals surface area contributed by atoms with Crippen molar-refractivity contribution < 1.29 is 23.0 Å². The van der Waals surface area contributed by atoms with E-state index in [-0.39, 0.29) is 17.6 Å². The minimum atomic E-state index is -3.78. The van der Waals surface area contributed by atoms with Gasteiger partial charge in [0.1, 0.15) is 11.4 Å². The molecule has 1 aliphatic heterocycles. The van der Waals surface area contributed by atoms with Crippen molar-refractivity contribution in [2.24, 2.45) is 0 Å². The van der Waals surface area contributed by atoms with Gasteiger partial charge in [0.2, 0.25) is 10.0 Å². The highest BCUT2D eigenvalue weighted by molar-refractivity contribution is 7.89.